The van der Waals surface area contributed by atoms with Gasteiger partial charge >= 0.3 is 0 Å². The van der Waals surface area contributed by atoms with Crippen molar-refractivity contribution in [1.29, 1.82) is 0 Å². The Balaban J connectivity index is 1.73. The number of benzene rings is 1. The first kappa shape index (κ1) is 14.7. The van der Waals surface area contributed by atoms with Crippen molar-refractivity contribution in [3.8, 4) is 5.75 Å². The average molecular weight is 272 g/mol. The van der Waals surface area contributed by atoms with Gasteiger partial charge < -0.3 is 14.6 Å². The molecule has 0 fully saturated rings. The molecule has 0 radical (unpaired) electrons. The van der Waals surface area contributed by atoms with Crippen molar-refractivity contribution in [2.45, 2.75) is 39.4 Å². The first-order valence-electron chi connectivity index (χ1n) is 7.31. The van der Waals surface area contributed by atoms with Gasteiger partial charge in [-0.25, -0.2) is 0 Å². The zero-order valence-electron chi connectivity index (χ0n) is 12.4. The van der Waals surface area contributed by atoms with E-state index in [2.05, 4.69) is 42.1 Å². The number of nitrogens with one attached hydrogen (secondary N) is 1. The number of aryl methyl sites for hydroxylation is 1. The zero-order valence-corrected chi connectivity index (χ0v) is 12.4. The molecule has 108 valence electrons. The van der Waals surface area contributed by atoms with Crippen molar-refractivity contribution in [3.63, 3.8) is 0 Å². The van der Waals surface area contributed by atoms with Gasteiger partial charge in [0.1, 0.15) is 5.75 Å². The van der Waals surface area contributed by atoms with Crippen molar-refractivity contribution < 1.29 is 4.74 Å². The van der Waals surface area contributed by atoms with Gasteiger partial charge in [0.05, 0.1) is 6.61 Å². The monoisotopic (exact) mass is 272 g/mol. The molecule has 0 spiro atoms. The molecular weight excluding hydrogens is 248 g/mol. The average Bonchev–Trinajstić information content (AvgIpc) is 2.90. The second-order valence-corrected chi connectivity index (χ2v) is 5.24. The summed E-state index contributed by atoms with van der Waals surface area (Å²) >= 11 is 0. The molecule has 0 saturated carbocycles. The third kappa shape index (κ3) is 4.74. The topological polar surface area (TPSA) is 26.2 Å². The summed E-state index contributed by atoms with van der Waals surface area (Å²) in [6.07, 6.45) is 3.15. The summed E-state index contributed by atoms with van der Waals surface area (Å²) in [6.45, 7) is 7.00. The predicted molar refractivity (Wildman–Crippen MR) is 83.0 cm³/mol. The molecule has 1 N–H and O–H groups in total. The lowest BCUT2D eigenvalue weighted by molar-refractivity contribution is 0.301. The highest BCUT2D eigenvalue weighted by atomic mass is 16.5. The largest absolute Gasteiger partial charge is 0.494 e. The highest BCUT2D eigenvalue weighted by Gasteiger charge is 2.01. The number of hydrogen-bond donors (Lipinski definition) is 1. The number of nitrogens with zero attached hydrogens (tertiary/aromatic N) is 1. The van der Waals surface area contributed by atoms with Crippen molar-refractivity contribution in [2.75, 3.05) is 6.61 Å². The van der Waals surface area contributed by atoms with E-state index in [1.165, 1.54) is 5.69 Å². The van der Waals surface area contributed by atoms with Gasteiger partial charge in [-0.15, -0.1) is 0 Å². The number of aromatic nitrogens is 1. The molecular formula is C17H24N2O. The number of rotatable bonds is 8. The van der Waals surface area contributed by atoms with Gasteiger partial charge in [-0.05, 0) is 30.7 Å². The van der Waals surface area contributed by atoms with Gasteiger partial charge in [-0.2, -0.15) is 0 Å². The molecule has 2 aromatic rings. The molecule has 0 atom stereocenters. The predicted octanol–water partition coefficient (Wildman–Crippen LogP) is 3.46. The fourth-order valence-electron chi connectivity index (χ4n) is 2.08. The molecule has 1 aromatic carbocycles. The van der Waals surface area contributed by atoms with Crippen molar-refractivity contribution in [3.05, 3.63) is 54.4 Å². The van der Waals surface area contributed by atoms with Crippen LogP contribution in [0, 0.1) is 0 Å². The van der Waals surface area contributed by atoms with E-state index in [4.69, 9.17) is 4.74 Å². The van der Waals surface area contributed by atoms with Gasteiger partial charge in [0.15, 0.2) is 0 Å². The van der Waals surface area contributed by atoms with Crippen LogP contribution in [-0.2, 0) is 13.1 Å². The molecule has 0 aliphatic carbocycles. The standard InChI is InChI=1S/C17H24N2O/c1-15(2)18-14-16-8-6-11-19(16)12-7-13-20-17-9-4-3-5-10-17/h3-6,8-11,15,18H,7,12-14H2,1-2H3. The van der Waals surface area contributed by atoms with E-state index in [1.807, 2.05) is 30.3 Å². The Morgan fingerprint density at radius 3 is 2.65 bits per heavy atom. The molecule has 1 aromatic heterocycles. The van der Waals surface area contributed by atoms with Gasteiger partial charge in [-0.1, -0.05) is 32.0 Å². The van der Waals surface area contributed by atoms with E-state index >= 15 is 0 Å². The smallest absolute Gasteiger partial charge is 0.119 e. The molecule has 1 heterocycles. The Hall–Kier alpha value is -1.74. The van der Waals surface area contributed by atoms with Crippen LogP contribution in [0.4, 0.5) is 0 Å². The summed E-state index contributed by atoms with van der Waals surface area (Å²) in [5.74, 6) is 0.946. The molecule has 0 bridgehead atoms. The molecule has 0 aliphatic rings. The van der Waals surface area contributed by atoms with Gasteiger partial charge in [0, 0.05) is 31.0 Å². The summed E-state index contributed by atoms with van der Waals surface area (Å²) < 4.78 is 8.01. The fourth-order valence-corrected chi connectivity index (χ4v) is 2.08. The summed E-state index contributed by atoms with van der Waals surface area (Å²) in [5, 5.41) is 3.45. The van der Waals surface area contributed by atoms with Crippen molar-refractivity contribution >= 4 is 0 Å². The minimum absolute atomic E-state index is 0.514. The van der Waals surface area contributed by atoms with Crippen LogP contribution in [0.3, 0.4) is 0 Å². The quantitative estimate of drug-likeness (QED) is 0.745. The molecule has 2 rings (SSSR count). The second-order valence-electron chi connectivity index (χ2n) is 5.24. The fraction of sp³-hybridized carbons (Fsp3) is 0.412. The Labute approximate surface area is 121 Å². The SMILES string of the molecule is CC(C)NCc1cccn1CCCOc1ccccc1. The third-order valence-corrected chi connectivity index (χ3v) is 3.17. The van der Waals surface area contributed by atoms with Crippen LogP contribution < -0.4 is 10.1 Å². The molecule has 3 heteroatoms. The Bertz CT molecular complexity index is 491. The van der Waals surface area contributed by atoms with Crippen LogP contribution in [0.15, 0.2) is 48.7 Å². The summed E-state index contributed by atoms with van der Waals surface area (Å²) in [6, 6.07) is 14.8. The summed E-state index contributed by atoms with van der Waals surface area (Å²) in [4.78, 5) is 0. The van der Waals surface area contributed by atoms with E-state index in [9.17, 15) is 0 Å². The molecule has 0 aliphatic heterocycles. The Morgan fingerprint density at radius 1 is 1.10 bits per heavy atom. The highest BCUT2D eigenvalue weighted by molar-refractivity contribution is 5.20. The van der Waals surface area contributed by atoms with Crippen molar-refractivity contribution in [1.82, 2.24) is 9.88 Å². The zero-order chi connectivity index (χ0) is 14.2. The highest BCUT2D eigenvalue weighted by Crippen LogP contribution is 2.09. The number of para-hydroxylation sites is 1. The molecule has 0 unspecified atom stereocenters. The normalized spacial score (nSPS) is 10.9. The van der Waals surface area contributed by atoms with Crippen LogP contribution in [-0.4, -0.2) is 17.2 Å². The second kappa shape index (κ2) is 7.75. The minimum atomic E-state index is 0.514. The third-order valence-electron chi connectivity index (χ3n) is 3.17. The van der Waals surface area contributed by atoms with Crippen molar-refractivity contribution in [2.24, 2.45) is 0 Å². The molecule has 0 saturated heterocycles. The van der Waals surface area contributed by atoms with Gasteiger partial charge in [-0.3, -0.25) is 0 Å². The van der Waals surface area contributed by atoms with Crippen LogP contribution in [0.1, 0.15) is 26.0 Å². The lowest BCUT2D eigenvalue weighted by Crippen LogP contribution is -2.23. The molecule has 3 nitrogen and oxygen atoms in total. The first-order chi connectivity index (χ1) is 9.75. The van der Waals surface area contributed by atoms with E-state index in [0.717, 1.165) is 31.9 Å². The van der Waals surface area contributed by atoms with Gasteiger partial charge in [0.25, 0.3) is 0 Å². The number of hydrogen-bond acceptors (Lipinski definition) is 2. The molecule has 0 amide bonds. The lowest BCUT2D eigenvalue weighted by Gasteiger charge is -2.12. The van der Waals surface area contributed by atoms with Crippen LogP contribution in [0.5, 0.6) is 5.75 Å². The first-order valence-corrected chi connectivity index (χ1v) is 7.31. The van der Waals surface area contributed by atoms with Crippen LogP contribution in [0.25, 0.3) is 0 Å². The Morgan fingerprint density at radius 2 is 1.90 bits per heavy atom. The van der Waals surface area contributed by atoms with E-state index in [-0.39, 0.29) is 0 Å². The minimum Gasteiger partial charge on any atom is -0.494 e. The molecule has 20 heavy (non-hydrogen) atoms. The lowest BCUT2D eigenvalue weighted by atomic mass is 10.3. The maximum Gasteiger partial charge on any atom is 0.119 e. The maximum atomic E-state index is 5.71. The van der Waals surface area contributed by atoms with E-state index in [1.54, 1.807) is 0 Å². The maximum absolute atomic E-state index is 5.71. The van der Waals surface area contributed by atoms with E-state index < -0.39 is 0 Å². The van der Waals surface area contributed by atoms with Crippen LogP contribution in [0.2, 0.25) is 0 Å². The van der Waals surface area contributed by atoms with Crippen LogP contribution >= 0.6 is 0 Å². The number of ether oxygens (including phenoxy) is 1. The summed E-state index contributed by atoms with van der Waals surface area (Å²) in [5.41, 5.74) is 1.33. The summed E-state index contributed by atoms with van der Waals surface area (Å²) in [7, 11) is 0. The Kier molecular flexibility index (Phi) is 5.69. The van der Waals surface area contributed by atoms with E-state index in [0.29, 0.717) is 6.04 Å². The van der Waals surface area contributed by atoms with Gasteiger partial charge in [0.2, 0.25) is 0 Å².